The van der Waals surface area contributed by atoms with Gasteiger partial charge in [0, 0.05) is 23.9 Å². The molecule has 0 aliphatic carbocycles. The highest BCUT2D eigenvalue weighted by molar-refractivity contribution is 7.89. The van der Waals surface area contributed by atoms with Crippen LogP contribution in [0.4, 0.5) is 13.9 Å². The third-order valence-corrected chi connectivity index (χ3v) is 6.96. The number of amides is 1. The van der Waals surface area contributed by atoms with E-state index in [4.69, 9.17) is 4.42 Å². The Balaban J connectivity index is 1.55. The predicted molar refractivity (Wildman–Crippen MR) is 96.4 cm³/mol. The molecular formula is C17H13F2N3O4S2. The van der Waals surface area contributed by atoms with Gasteiger partial charge in [-0.1, -0.05) is 0 Å². The topological polar surface area (TPSA) is 92.5 Å². The van der Waals surface area contributed by atoms with E-state index >= 15 is 0 Å². The molecule has 2 aromatic heterocycles. The Hall–Kier alpha value is -2.63. The lowest BCUT2D eigenvalue weighted by Crippen LogP contribution is -2.35. The van der Waals surface area contributed by atoms with Gasteiger partial charge in [0.1, 0.15) is 11.6 Å². The summed E-state index contributed by atoms with van der Waals surface area (Å²) in [6, 6.07) is 5.28. The SMILES string of the molecule is O=C(Nc1nc2c(s1)CN(S(=O)(=O)c1cc(F)cc(F)c1)CC2)c1ccco1. The highest BCUT2D eigenvalue weighted by Crippen LogP contribution is 2.31. The van der Waals surface area contributed by atoms with E-state index in [-0.39, 0.29) is 18.8 Å². The number of rotatable bonds is 4. The number of fused-ring (bicyclic) bond motifs is 1. The highest BCUT2D eigenvalue weighted by atomic mass is 32.2. The van der Waals surface area contributed by atoms with Crippen molar-refractivity contribution in [1.82, 2.24) is 9.29 Å². The number of thiazole rings is 1. The molecule has 0 unspecified atom stereocenters. The van der Waals surface area contributed by atoms with Crippen LogP contribution >= 0.6 is 11.3 Å². The van der Waals surface area contributed by atoms with Crippen molar-refractivity contribution in [2.45, 2.75) is 17.9 Å². The fourth-order valence-corrected chi connectivity index (χ4v) is 5.38. The monoisotopic (exact) mass is 425 g/mol. The second kappa shape index (κ2) is 7.08. The van der Waals surface area contributed by atoms with Gasteiger partial charge in [0.15, 0.2) is 10.9 Å². The molecule has 0 saturated carbocycles. The van der Waals surface area contributed by atoms with Crippen molar-refractivity contribution < 1.29 is 26.4 Å². The number of nitrogens with one attached hydrogen (secondary N) is 1. The normalized spacial score (nSPS) is 14.6. The third-order valence-electron chi connectivity index (χ3n) is 4.14. The van der Waals surface area contributed by atoms with Crippen LogP contribution in [0.1, 0.15) is 21.1 Å². The quantitative estimate of drug-likeness (QED) is 0.694. The van der Waals surface area contributed by atoms with Crippen molar-refractivity contribution >= 4 is 32.4 Å². The molecule has 0 bridgehead atoms. The van der Waals surface area contributed by atoms with Crippen LogP contribution in [0.5, 0.6) is 0 Å². The van der Waals surface area contributed by atoms with Gasteiger partial charge in [0.2, 0.25) is 10.0 Å². The van der Waals surface area contributed by atoms with Crippen molar-refractivity contribution in [3.8, 4) is 0 Å². The maximum absolute atomic E-state index is 13.4. The first-order valence-electron chi connectivity index (χ1n) is 8.12. The van der Waals surface area contributed by atoms with Crippen LogP contribution in [-0.2, 0) is 23.0 Å². The molecule has 3 aromatic rings. The van der Waals surface area contributed by atoms with E-state index in [1.165, 1.54) is 12.3 Å². The molecule has 4 rings (SSSR count). The van der Waals surface area contributed by atoms with Gasteiger partial charge in [-0.2, -0.15) is 4.31 Å². The molecule has 1 aliphatic rings. The summed E-state index contributed by atoms with van der Waals surface area (Å²) in [5, 5.41) is 2.93. The lowest BCUT2D eigenvalue weighted by Gasteiger charge is -2.25. The first-order chi connectivity index (χ1) is 13.3. The lowest BCUT2D eigenvalue weighted by atomic mass is 10.2. The van der Waals surface area contributed by atoms with Gasteiger partial charge in [0.05, 0.1) is 23.4 Å². The zero-order valence-electron chi connectivity index (χ0n) is 14.2. The first-order valence-corrected chi connectivity index (χ1v) is 10.4. The maximum Gasteiger partial charge on any atom is 0.293 e. The van der Waals surface area contributed by atoms with E-state index in [9.17, 15) is 22.0 Å². The molecular weight excluding hydrogens is 412 g/mol. The van der Waals surface area contributed by atoms with Crippen molar-refractivity contribution in [1.29, 1.82) is 0 Å². The van der Waals surface area contributed by atoms with Gasteiger partial charge >= 0.3 is 0 Å². The number of halogens is 2. The van der Waals surface area contributed by atoms with Gasteiger partial charge in [-0.15, -0.1) is 11.3 Å². The van der Waals surface area contributed by atoms with Crippen LogP contribution in [0.2, 0.25) is 0 Å². The van der Waals surface area contributed by atoms with E-state index in [1.54, 1.807) is 6.07 Å². The number of furan rings is 1. The Morgan fingerprint density at radius 2 is 2.00 bits per heavy atom. The molecule has 11 heteroatoms. The first kappa shape index (κ1) is 18.7. The number of anilines is 1. The second-order valence-corrected chi connectivity index (χ2v) is 9.04. The molecule has 1 aromatic carbocycles. The Labute approximate surface area is 162 Å². The summed E-state index contributed by atoms with van der Waals surface area (Å²) in [5.74, 6) is -2.25. The predicted octanol–water partition coefficient (Wildman–Crippen LogP) is 3.01. The molecule has 1 amide bonds. The molecule has 146 valence electrons. The van der Waals surface area contributed by atoms with E-state index in [2.05, 4.69) is 10.3 Å². The van der Waals surface area contributed by atoms with Crippen LogP contribution in [0.15, 0.2) is 45.9 Å². The Bertz CT molecular complexity index is 1120. The van der Waals surface area contributed by atoms with E-state index in [0.29, 0.717) is 28.2 Å². The van der Waals surface area contributed by atoms with Crippen LogP contribution in [0.3, 0.4) is 0 Å². The molecule has 7 nitrogen and oxygen atoms in total. The van der Waals surface area contributed by atoms with Crippen molar-refractivity contribution in [2.75, 3.05) is 11.9 Å². The molecule has 3 heterocycles. The van der Waals surface area contributed by atoms with Gasteiger partial charge < -0.3 is 4.42 Å². The van der Waals surface area contributed by atoms with E-state index in [1.807, 2.05) is 0 Å². The number of hydrogen-bond donors (Lipinski definition) is 1. The zero-order chi connectivity index (χ0) is 19.9. The molecule has 0 spiro atoms. The average Bonchev–Trinajstić information content (AvgIpc) is 3.29. The molecule has 1 aliphatic heterocycles. The van der Waals surface area contributed by atoms with Gasteiger partial charge in [-0.25, -0.2) is 22.2 Å². The number of hydrogen-bond acceptors (Lipinski definition) is 6. The zero-order valence-corrected chi connectivity index (χ0v) is 15.8. The Morgan fingerprint density at radius 1 is 1.25 bits per heavy atom. The van der Waals surface area contributed by atoms with Gasteiger partial charge in [-0.05, 0) is 24.3 Å². The van der Waals surface area contributed by atoms with Crippen molar-refractivity contribution in [3.05, 3.63) is 64.6 Å². The van der Waals surface area contributed by atoms with Crippen LogP contribution in [0, 0.1) is 11.6 Å². The van der Waals surface area contributed by atoms with Gasteiger partial charge in [0.25, 0.3) is 5.91 Å². The minimum absolute atomic E-state index is 0.00406. The summed E-state index contributed by atoms with van der Waals surface area (Å²) >= 11 is 1.14. The largest absolute Gasteiger partial charge is 0.459 e. The highest BCUT2D eigenvalue weighted by Gasteiger charge is 2.31. The van der Waals surface area contributed by atoms with Gasteiger partial charge in [-0.3, -0.25) is 10.1 Å². The average molecular weight is 425 g/mol. The summed E-state index contributed by atoms with van der Waals surface area (Å²) in [5.41, 5.74) is 0.677. The minimum Gasteiger partial charge on any atom is -0.459 e. The number of aromatic nitrogens is 1. The lowest BCUT2D eigenvalue weighted by molar-refractivity contribution is 0.0996. The third kappa shape index (κ3) is 3.55. The van der Waals surface area contributed by atoms with Crippen LogP contribution in [0.25, 0.3) is 0 Å². The molecule has 0 atom stereocenters. The van der Waals surface area contributed by atoms with Crippen LogP contribution < -0.4 is 5.32 Å². The van der Waals surface area contributed by atoms with E-state index in [0.717, 1.165) is 27.8 Å². The summed E-state index contributed by atoms with van der Waals surface area (Å²) in [6.07, 6.45) is 1.69. The summed E-state index contributed by atoms with van der Waals surface area (Å²) in [4.78, 5) is 16.6. The fraction of sp³-hybridized carbons (Fsp3) is 0.176. The molecule has 28 heavy (non-hydrogen) atoms. The van der Waals surface area contributed by atoms with Crippen molar-refractivity contribution in [2.24, 2.45) is 0 Å². The molecule has 0 saturated heterocycles. The van der Waals surface area contributed by atoms with Crippen molar-refractivity contribution in [3.63, 3.8) is 0 Å². The summed E-state index contributed by atoms with van der Waals surface area (Å²) in [7, 11) is -4.07. The molecule has 1 N–H and O–H groups in total. The summed E-state index contributed by atoms with van der Waals surface area (Å²) < 4.78 is 58.5. The van der Waals surface area contributed by atoms with Crippen LogP contribution in [-0.4, -0.2) is 30.2 Å². The number of carbonyl (C=O) groups excluding carboxylic acids is 1. The van der Waals surface area contributed by atoms with E-state index < -0.39 is 32.5 Å². The Kier molecular flexibility index (Phi) is 4.73. The standard InChI is InChI=1S/C17H13F2N3O4S2/c18-10-6-11(19)8-12(7-10)28(24,25)22-4-3-13-15(9-22)27-17(20-13)21-16(23)14-2-1-5-26-14/h1-2,5-8H,3-4,9H2,(H,20,21,23). The summed E-state index contributed by atoms with van der Waals surface area (Å²) in [6.45, 7) is 0.118. The maximum atomic E-state index is 13.4. The second-order valence-electron chi connectivity index (χ2n) is 6.01. The number of benzene rings is 1. The number of sulfonamides is 1. The number of carbonyl (C=O) groups is 1. The Morgan fingerprint density at radius 3 is 2.68 bits per heavy atom. The fourth-order valence-electron chi connectivity index (χ4n) is 2.82. The minimum atomic E-state index is -4.07. The smallest absolute Gasteiger partial charge is 0.293 e. The molecule has 0 radical (unpaired) electrons. The number of nitrogens with zero attached hydrogens (tertiary/aromatic N) is 2. The molecule has 0 fully saturated rings.